The minimum atomic E-state index is -0.659. The van der Waals surface area contributed by atoms with Gasteiger partial charge in [0.05, 0.1) is 0 Å². The van der Waals surface area contributed by atoms with Crippen LogP contribution >= 0.6 is 0 Å². The molecule has 2 amide bonds. The molecule has 0 fully saturated rings. The summed E-state index contributed by atoms with van der Waals surface area (Å²) < 4.78 is 5.61. The zero-order valence-electron chi connectivity index (χ0n) is 16.9. The number of para-hydroxylation sites is 1. The molecule has 154 valence electrons. The van der Waals surface area contributed by atoms with Crippen LogP contribution in [0.2, 0.25) is 0 Å². The Morgan fingerprint density at radius 3 is 2.30 bits per heavy atom. The van der Waals surface area contributed by atoms with Crippen molar-refractivity contribution >= 4 is 11.8 Å². The Hall–Kier alpha value is -3.67. The van der Waals surface area contributed by atoms with Gasteiger partial charge in [0.1, 0.15) is 11.8 Å². The zero-order valence-corrected chi connectivity index (χ0v) is 16.9. The maximum atomic E-state index is 13.0. The van der Waals surface area contributed by atoms with Crippen molar-refractivity contribution < 1.29 is 14.3 Å². The first-order chi connectivity index (χ1) is 14.6. The van der Waals surface area contributed by atoms with E-state index in [-0.39, 0.29) is 18.4 Å². The zero-order chi connectivity index (χ0) is 21.2. The van der Waals surface area contributed by atoms with Crippen molar-refractivity contribution in [3.05, 3.63) is 96.3 Å². The van der Waals surface area contributed by atoms with E-state index in [1.807, 2.05) is 60.7 Å². The van der Waals surface area contributed by atoms with Crippen LogP contribution < -0.4 is 10.1 Å². The molecule has 0 aliphatic carbocycles. The fourth-order valence-electron chi connectivity index (χ4n) is 2.95. The summed E-state index contributed by atoms with van der Waals surface area (Å²) in [6.07, 6.45) is 3.38. The van der Waals surface area contributed by atoms with E-state index in [9.17, 15) is 9.59 Å². The molecule has 1 N–H and O–H groups in total. The van der Waals surface area contributed by atoms with Gasteiger partial charge in [-0.2, -0.15) is 0 Å². The molecule has 1 heterocycles. The van der Waals surface area contributed by atoms with E-state index in [0.29, 0.717) is 18.8 Å². The van der Waals surface area contributed by atoms with Crippen LogP contribution in [-0.4, -0.2) is 34.3 Å². The van der Waals surface area contributed by atoms with Crippen LogP contribution in [0.5, 0.6) is 5.75 Å². The Bertz CT molecular complexity index is 934. The number of carbonyl (C=O) groups excluding carboxylic acids is 2. The molecule has 3 rings (SSSR count). The lowest BCUT2D eigenvalue weighted by Crippen LogP contribution is -2.48. The number of nitrogens with one attached hydrogen (secondary N) is 1. The lowest BCUT2D eigenvalue weighted by molar-refractivity contribution is -0.142. The molecule has 0 bridgehead atoms. The minimum absolute atomic E-state index is 0.142. The van der Waals surface area contributed by atoms with Gasteiger partial charge < -0.3 is 15.0 Å². The third-order valence-corrected chi connectivity index (χ3v) is 4.66. The summed E-state index contributed by atoms with van der Waals surface area (Å²) in [6, 6.07) is 21.8. The van der Waals surface area contributed by atoms with Crippen molar-refractivity contribution in [3.63, 3.8) is 0 Å². The Balaban J connectivity index is 1.67. The highest BCUT2D eigenvalue weighted by atomic mass is 16.5. The quantitative estimate of drug-likeness (QED) is 0.596. The van der Waals surface area contributed by atoms with Crippen LogP contribution in [0, 0.1) is 0 Å². The lowest BCUT2D eigenvalue weighted by Gasteiger charge is -2.28. The van der Waals surface area contributed by atoms with Crippen molar-refractivity contribution in [2.24, 2.45) is 0 Å². The molecular formula is C24H25N3O3. The number of ether oxygens (including phenoxy) is 1. The number of amides is 2. The highest BCUT2D eigenvalue weighted by Crippen LogP contribution is 2.12. The fourth-order valence-corrected chi connectivity index (χ4v) is 2.95. The van der Waals surface area contributed by atoms with E-state index < -0.39 is 6.04 Å². The van der Waals surface area contributed by atoms with Gasteiger partial charge in [0, 0.05) is 25.5 Å². The second-order valence-electron chi connectivity index (χ2n) is 6.86. The topological polar surface area (TPSA) is 71.5 Å². The summed E-state index contributed by atoms with van der Waals surface area (Å²) in [7, 11) is 0. The molecular weight excluding hydrogens is 378 g/mol. The highest BCUT2D eigenvalue weighted by molar-refractivity contribution is 5.87. The van der Waals surface area contributed by atoms with Gasteiger partial charge in [-0.05, 0) is 36.2 Å². The minimum Gasteiger partial charge on any atom is -0.484 e. The van der Waals surface area contributed by atoms with E-state index in [1.165, 1.54) is 4.90 Å². The highest BCUT2D eigenvalue weighted by Gasteiger charge is 2.26. The maximum Gasteiger partial charge on any atom is 0.261 e. The molecule has 2 aromatic carbocycles. The largest absolute Gasteiger partial charge is 0.484 e. The van der Waals surface area contributed by atoms with Gasteiger partial charge in [0.2, 0.25) is 5.91 Å². The van der Waals surface area contributed by atoms with Crippen molar-refractivity contribution in [1.82, 2.24) is 15.2 Å². The molecule has 30 heavy (non-hydrogen) atoms. The van der Waals surface area contributed by atoms with E-state index in [1.54, 1.807) is 31.5 Å². The van der Waals surface area contributed by atoms with Crippen LogP contribution in [0.4, 0.5) is 0 Å². The monoisotopic (exact) mass is 403 g/mol. The second-order valence-corrected chi connectivity index (χ2v) is 6.86. The molecule has 6 nitrogen and oxygen atoms in total. The predicted molar refractivity (Wildman–Crippen MR) is 114 cm³/mol. The summed E-state index contributed by atoms with van der Waals surface area (Å²) in [4.78, 5) is 31.3. The van der Waals surface area contributed by atoms with Crippen LogP contribution in [0.15, 0.2) is 85.2 Å². The number of aromatic nitrogens is 1. The van der Waals surface area contributed by atoms with Gasteiger partial charge in [-0.25, -0.2) is 0 Å². The van der Waals surface area contributed by atoms with Gasteiger partial charge >= 0.3 is 0 Å². The van der Waals surface area contributed by atoms with Gasteiger partial charge in [0.25, 0.3) is 5.91 Å². The second kappa shape index (κ2) is 10.8. The Morgan fingerprint density at radius 1 is 0.967 bits per heavy atom. The number of carbonyl (C=O) groups is 2. The summed E-state index contributed by atoms with van der Waals surface area (Å²) in [5.41, 5.74) is 1.84. The number of hydrogen-bond acceptors (Lipinski definition) is 4. The van der Waals surface area contributed by atoms with E-state index in [0.717, 1.165) is 11.1 Å². The summed E-state index contributed by atoms with van der Waals surface area (Å²) >= 11 is 0. The number of benzene rings is 2. The molecule has 0 spiro atoms. The van der Waals surface area contributed by atoms with E-state index in [4.69, 9.17) is 4.74 Å². The van der Waals surface area contributed by atoms with Crippen LogP contribution in [0.3, 0.4) is 0 Å². The standard InChI is InChI=1S/C24H25N3O3/c1-19(24(29)26-16-21-11-8-14-25-15-21)27(17-20-9-4-2-5-10-20)23(28)18-30-22-12-6-3-7-13-22/h2-15,19H,16-18H2,1H3,(H,26,29)/t19-/m0/s1. The van der Waals surface area contributed by atoms with Gasteiger partial charge in [-0.15, -0.1) is 0 Å². The smallest absolute Gasteiger partial charge is 0.261 e. The molecule has 0 saturated carbocycles. The average Bonchev–Trinajstić information content (AvgIpc) is 2.81. The molecule has 6 heteroatoms. The number of nitrogens with zero attached hydrogens (tertiary/aromatic N) is 2. The van der Waals surface area contributed by atoms with E-state index in [2.05, 4.69) is 10.3 Å². The SMILES string of the molecule is C[C@@H](C(=O)NCc1cccnc1)N(Cc1ccccc1)C(=O)COc1ccccc1. The first-order valence-corrected chi connectivity index (χ1v) is 9.81. The van der Waals surface area contributed by atoms with Gasteiger partial charge in [-0.3, -0.25) is 14.6 Å². The van der Waals surface area contributed by atoms with Crippen molar-refractivity contribution in [2.75, 3.05) is 6.61 Å². The van der Waals surface area contributed by atoms with Crippen LogP contribution in [0.1, 0.15) is 18.1 Å². The molecule has 0 radical (unpaired) electrons. The third-order valence-electron chi connectivity index (χ3n) is 4.66. The summed E-state index contributed by atoms with van der Waals surface area (Å²) in [5.74, 6) is 0.119. The first kappa shape index (κ1) is 21.0. The third kappa shape index (κ3) is 6.17. The van der Waals surface area contributed by atoms with E-state index >= 15 is 0 Å². The molecule has 3 aromatic rings. The normalized spacial score (nSPS) is 11.4. The predicted octanol–water partition coefficient (Wildman–Crippen LogP) is 3.19. The number of rotatable bonds is 9. The fraction of sp³-hybridized carbons (Fsp3) is 0.208. The van der Waals surface area contributed by atoms with Crippen molar-refractivity contribution in [3.8, 4) is 5.75 Å². The summed E-state index contributed by atoms with van der Waals surface area (Å²) in [6.45, 7) is 2.25. The first-order valence-electron chi connectivity index (χ1n) is 9.81. The Morgan fingerprint density at radius 2 is 1.63 bits per heavy atom. The molecule has 1 atom stereocenters. The lowest BCUT2D eigenvalue weighted by atomic mass is 10.1. The number of pyridine rings is 1. The molecule has 0 unspecified atom stereocenters. The Kier molecular flexibility index (Phi) is 7.55. The van der Waals surface area contributed by atoms with Crippen LogP contribution in [-0.2, 0) is 22.7 Å². The Labute approximate surface area is 176 Å². The molecule has 1 aromatic heterocycles. The maximum absolute atomic E-state index is 13.0. The molecule has 0 aliphatic heterocycles. The summed E-state index contributed by atoms with van der Waals surface area (Å²) in [5, 5.41) is 2.88. The molecule has 0 saturated heterocycles. The number of hydrogen-bond donors (Lipinski definition) is 1. The van der Waals surface area contributed by atoms with Crippen molar-refractivity contribution in [1.29, 1.82) is 0 Å². The molecule has 0 aliphatic rings. The van der Waals surface area contributed by atoms with Crippen LogP contribution in [0.25, 0.3) is 0 Å². The van der Waals surface area contributed by atoms with Gasteiger partial charge in [0.15, 0.2) is 6.61 Å². The van der Waals surface area contributed by atoms with Gasteiger partial charge in [-0.1, -0.05) is 54.6 Å². The average molecular weight is 403 g/mol. The van der Waals surface area contributed by atoms with Crippen molar-refractivity contribution in [2.45, 2.75) is 26.1 Å².